The molecule has 4 nitrogen and oxygen atoms in total. The van der Waals surface area contributed by atoms with E-state index >= 15 is 0 Å². The number of carbonyl (C=O) groups is 1. The number of allylic oxidation sites excluding steroid dienone is 2. The topological polar surface area (TPSA) is 66.8 Å². The minimum atomic E-state index is -0.477. The lowest BCUT2D eigenvalue weighted by molar-refractivity contribution is 0.102. The molecule has 0 amide bonds. The number of aromatic hydroxyl groups is 2. The summed E-state index contributed by atoms with van der Waals surface area (Å²) in [6.45, 7) is 10.2. The molecule has 0 saturated heterocycles. The van der Waals surface area contributed by atoms with E-state index in [1.807, 2.05) is 13.8 Å². The van der Waals surface area contributed by atoms with Gasteiger partial charge in [0, 0.05) is 16.5 Å². The molecule has 0 aromatic heterocycles. The van der Waals surface area contributed by atoms with Gasteiger partial charge < -0.3 is 14.9 Å². The molecule has 1 saturated carbocycles. The van der Waals surface area contributed by atoms with E-state index in [-0.39, 0.29) is 39.9 Å². The predicted octanol–water partition coefficient (Wildman–Crippen LogP) is 4.82. The van der Waals surface area contributed by atoms with Crippen LogP contribution in [0.25, 0.3) is 0 Å². The molecule has 2 N–H and O–H groups in total. The predicted molar refractivity (Wildman–Crippen MR) is 97.8 cm³/mol. The zero-order valence-electron chi connectivity index (χ0n) is 16.0. The van der Waals surface area contributed by atoms with Crippen molar-refractivity contribution < 1.29 is 19.7 Å². The zero-order chi connectivity index (χ0) is 18.7. The van der Waals surface area contributed by atoms with E-state index in [4.69, 9.17) is 4.74 Å². The maximum absolute atomic E-state index is 12.9. The molecule has 1 fully saturated rings. The summed E-state index contributed by atoms with van der Waals surface area (Å²) < 4.78 is 5.46. The lowest BCUT2D eigenvalue weighted by atomic mass is 9.55. The number of phenols is 2. The van der Waals surface area contributed by atoms with Crippen LogP contribution in [0.4, 0.5) is 0 Å². The number of fused-ring (bicyclic) bond motifs is 3. The van der Waals surface area contributed by atoms with Crippen molar-refractivity contribution in [1.29, 1.82) is 0 Å². The normalized spacial score (nSPS) is 24.6. The first kappa shape index (κ1) is 17.8. The van der Waals surface area contributed by atoms with Crippen LogP contribution < -0.4 is 4.74 Å². The summed E-state index contributed by atoms with van der Waals surface area (Å²) in [6.07, 6.45) is 4.53. The van der Waals surface area contributed by atoms with Crippen LogP contribution in [0, 0.1) is 5.41 Å². The smallest absolute Gasteiger partial charge is 0.190 e. The van der Waals surface area contributed by atoms with E-state index in [2.05, 4.69) is 20.8 Å². The van der Waals surface area contributed by atoms with E-state index in [0.29, 0.717) is 11.1 Å². The van der Waals surface area contributed by atoms with Crippen LogP contribution in [0.15, 0.2) is 11.6 Å². The largest absolute Gasteiger partial charge is 0.507 e. The highest BCUT2D eigenvalue weighted by Gasteiger charge is 2.50. The van der Waals surface area contributed by atoms with Crippen LogP contribution in [0.1, 0.15) is 81.3 Å². The standard InChI is InChI=1S/C21H28O4/c1-11(2)14-17(23)15-12(22)10-13-20(3,4)8-7-9-21(13,5)16(15)18(24)19(14)25-6/h10-11,23-24H,7-9H2,1-6H3/t21-/m0/s1. The molecule has 1 aromatic carbocycles. The minimum absolute atomic E-state index is 0.00171. The van der Waals surface area contributed by atoms with Crippen LogP contribution in [-0.2, 0) is 5.41 Å². The van der Waals surface area contributed by atoms with Crippen molar-refractivity contribution in [3.63, 3.8) is 0 Å². The molecule has 2 aliphatic carbocycles. The molecule has 3 rings (SSSR count). The zero-order valence-corrected chi connectivity index (χ0v) is 16.0. The van der Waals surface area contributed by atoms with Crippen molar-refractivity contribution in [3.05, 3.63) is 28.3 Å². The highest BCUT2D eigenvalue weighted by Crippen LogP contribution is 2.60. The monoisotopic (exact) mass is 344 g/mol. The van der Waals surface area contributed by atoms with Gasteiger partial charge in [-0.1, -0.05) is 46.6 Å². The molecule has 0 spiro atoms. The van der Waals surface area contributed by atoms with Crippen LogP contribution in [0.3, 0.4) is 0 Å². The number of carbonyl (C=O) groups excluding carboxylic acids is 1. The average Bonchev–Trinajstić information content (AvgIpc) is 2.50. The number of hydrogen-bond acceptors (Lipinski definition) is 4. The summed E-state index contributed by atoms with van der Waals surface area (Å²) in [5, 5.41) is 22.0. The number of ketones is 1. The van der Waals surface area contributed by atoms with E-state index in [1.54, 1.807) is 6.08 Å². The van der Waals surface area contributed by atoms with Crippen LogP contribution in [0.5, 0.6) is 17.2 Å². The van der Waals surface area contributed by atoms with E-state index in [9.17, 15) is 15.0 Å². The highest BCUT2D eigenvalue weighted by molar-refractivity contribution is 6.11. The number of rotatable bonds is 2. The van der Waals surface area contributed by atoms with Crippen molar-refractivity contribution in [3.8, 4) is 17.2 Å². The van der Waals surface area contributed by atoms with Gasteiger partial charge in [0.2, 0.25) is 0 Å². The highest BCUT2D eigenvalue weighted by atomic mass is 16.5. The number of methoxy groups -OCH3 is 1. The Morgan fingerprint density at radius 3 is 2.32 bits per heavy atom. The molecule has 0 heterocycles. The summed E-state index contributed by atoms with van der Waals surface area (Å²) in [4.78, 5) is 12.9. The average molecular weight is 344 g/mol. The number of phenolic OH excluding ortho intramolecular Hbond substituents is 2. The Morgan fingerprint density at radius 1 is 1.12 bits per heavy atom. The Hall–Kier alpha value is -1.97. The first-order valence-corrected chi connectivity index (χ1v) is 8.99. The number of hydrogen-bond donors (Lipinski definition) is 2. The van der Waals surface area contributed by atoms with Gasteiger partial charge in [0.05, 0.1) is 12.7 Å². The second kappa shape index (κ2) is 5.52. The van der Waals surface area contributed by atoms with Gasteiger partial charge in [-0.3, -0.25) is 4.79 Å². The molecule has 0 radical (unpaired) electrons. The van der Waals surface area contributed by atoms with E-state index in [0.717, 1.165) is 24.8 Å². The summed E-state index contributed by atoms with van der Waals surface area (Å²) >= 11 is 0. The fraction of sp³-hybridized carbons (Fsp3) is 0.571. The maximum Gasteiger partial charge on any atom is 0.190 e. The summed E-state index contributed by atoms with van der Waals surface area (Å²) in [5.74, 6) is -0.0812. The van der Waals surface area contributed by atoms with Crippen molar-refractivity contribution in [1.82, 2.24) is 0 Å². The summed E-state index contributed by atoms with van der Waals surface area (Å²) in [7, 11) is 1.49. The Labute approximate surface area is 149 Å². The maximum atomic E-state index is 12.9. The van der Waals surface area contributed by atoms with Crippen molar-refractivity contribution >= 4 is 5.78 Å². The van der Waals surface area contributed by atoms with Gasteiger partial charge in [-0.05, 0) is 30.3 Å². The fourth-order valence-corrected chi connectivity index (χ4v) is 4.96. The molecular formula is C21H28O4. The number of benzene rings is 1. The SMILES string of the molecule is COc1c(O)c2c(c(O)c1C(C)C)C(=O)C=C1C(C)(C)CCC[C@@]12C. The number of ether oxygens (including phenoxy) is 1. The molecule has 136 valence electrons. The lowest BCUT2D eigenvalue weighted by Gasteiger charge is -2.49. The Kier molecular flexibility index (Phi) is 3.94. The molecule has 1 aromatic rings. The first-order chi connectivity index (χ1) is 11.6. The second-order valence-electron chi connectivity index (χ2n) is 8.54. The van der Waals surface area contributed by atoms with Crippen LogP contribution in [-0.4, -0.2) is 23.1 Å². The van der Waals surface area contributed by atoms with Crippen molar-refractivity contribution in [2.45, 2.75) is 65.2 Å². The molecule has 0 unspecified atom stereocenters. The van der Waals surface area contributed by atoms with Crippen LogP contribution >= 0.6 is 0 Å². The van der Waals surface area contributed by atoms with Crippen LogP contribution in [0.2, 0.25) is 0 Å². The van der Waals surface area contributed by atoms with Gasteiger partial charge in [0.25, 0.3) is 0 Å². The quantitative estimate of drug-likeness (QED) is 0.755. The van der Waals surface area contributed by atoms with Gasteiger partial charge in [-0.15, -0.1) is 0 Å². The van der Waals surface area contributed by atoms with Gasteiger partial charge in [0.15, 0.2) is 17.3 Å². The third-order valence-electron chi connectivity index (χ3n) is 6.10. The second-order valence-corrected chi connectivity index (χ2v) is 8.54. The Balaban J connectivity index is 2.42. The van der Waals surface area contributed by atoms with Gasteiger partial charge in [-0.25, -0.2) is 0 Å². The van der Waals surface area contributed by atoms with Gasteiger partial charge >= 0.3 is 0 Å². The molecule has 25 heavy (non-hydrogen) atoms. The van der Waals surface area contributed by atoms with E-state index < -0.39 is 5.41 Å². The third kappa shape index (κ3) is 2.30. The molecule has 4 heteroatoms. The van der Waals surface area contributed by atoms with Crippen molar-refractivity contribution in [2.75, 3.05) is 7.11 Å². The molecular weight excluding hydrogens is 316 g/mol. The third-order valence-corrected chi connectivity index (χ3v) is 6.10. The summed E-state index contributed by atoms with van der Waals surface area (Å²) in [5.41, 5.74) is 1.70. The minimum Gasteiger partial charge on any atom is -0.507 e. The Bertz CT molecular complexity index is 786. The Morgan fingerprint density at radius 2 is 1.76 bits per heavy atom. The van der Waals surface area contributed by atoms with Gasteiger partial charge in [-0.2, -0.15) is 0 Å². The molecule has 1 atom stereocenters. The first-order valence-electron chi connectivity index (χ1n) is 8.99. The fourth-order valence-electron chi connectivity index (χ4n) is 4.96. The summed E-state index contributed by atoms with van der Waals surface area (Å²) in [6, 6.07) is 0. The molecule has 0 aliphatic heterocycles. The van der Waals surface area contributed by atoms with Gasteiger partial charge in [0.1, 0.15) is 5.75 Å². The lowest BCUT2D eigenvalue weighted by Crippen LogP contribution is -2.41. The van der Waals surface area contributed by atoms with E-state index in [1.165, 1.54) is 7.11 Å². The molecule has 2 aliphatic rings. The molecule has 0 bridgehead atoms. The van der Waals surface area contributed by atoms with Crippen molar-refractivity contribution in [2.24, 2.45) is 5.41 Å².